The largest absolute Gasteiger partial charge is 0.456 e. The SMILES string of the molecule is CN=C[C@@]1(c2ccc3c(NC(=O)c4ccccc4)ncnn23)O[C@H](CO)[C@@H](OC(=O)C(C)C)[C@H]1O. The van der Waals surface area contributed by atoms with Gasteiger partial charge in [-0.1, -0.05) is 32.0 Å². The summed E-state index contributed by atoms with van der Waals surface area (Å²) >= 11 is 0. The van der Waals surface area contributed by atoms with Crippen LogP contribution in [0, 0.1) is 5.92 Å². The fraction of sp³-hybridized carbons (Fsp3) is 0.375. The number of benzene rings is 1. The van der Waals surface area contributed by atoms with Crippen LogP contribution in [-0.2, 0) is 19.9 Å². The van der Waals surface area contributed by atoms with E-state index in [1.807, 2.05) is 6.07 Å². The van der Waals surface area contributed by atoms with Crippen LogP contribution in [0.3, 0.4) is 0 Å². The van der Waals surface area contributed by atoms with E-state index in [0.29, 0.717) is 16.8 Å². The number of fused-ring (bicyclic) bond motifs is 1. The number of aliphatic imine (C=N–C) groups is 1. The minimum absolute atomic E-state index is 0.248. The van der Waals surface area contributed by atoms with Gasteiger partial charge in [0.05, 0.1) is 18.2 Å². The quantitative estimate of drug-likeness (QED) is 0.337. The van der Waals surface area contributed by atoms with Crippen molar-refractivity contribution in [1.29, 1.82) is 0 Å². The molecule has 0 unspecified atom stereocenters. The molecular formula is C24H27N5O6. The number of carbonyl (C=O) groups is 2. The lowest BCUT2D eigenvalue weighted by molar-refractivity contribution is -0.160. The second kappa shape index (κ2) is 9.90. The number of esters is 1. The van der Waals surface area contributed by atoms with Crippen LogP contribution in [0.15, 0.2) is 53.8 Å². The van der Waals surface area contributed by atoms with E-state index >= 15 is 0 Å². The van der Waals surface area contributed by atoms with Crippen LogP contribution in [0.5, 0.6) is 0 Å². The van der Waals surface area contributed by atoms with Crippen LogP contribution < -0.4 is 5.32 Å². The molecule has 184 valence electrons. The third-order valence-electron chi connectivity index (χ3n) is 5.81. The third-order valence-corrected chi connectivity index (χ3v) is 5.81. The number of carbonyl (C=O) groups excluding carboxylic acids is 2. The summed E-state index contributed by atoms with van der Waals surface area (Å²) in [7, 11) is 1.51. The van der Waals surface area contributed by atoms with Crippen molar-refractivity contribution < 1.29 is 29.3 Å². The van der Waals surface area contributed by atoms with Gasteiger partial charge in [-0.3, -0.25) is 14.6 Å². The molecule has 3 aromatic rings. The number of hydrogen-bond acceptors (Lipinski definition) is 9. The minimum Gasteiger partial charge on any atom is -0.456 e. The second-order valence-electron chi connectivity index (χ2n) is 8.46. The summed E-state index contributed by atoms with van der Waals surface area (Å²) in [4.78, 5) is 33.2. The lowest BCUT2D eigenvalue weighted by Crippen LogP contribution is -2.45. The molecule has 1 fully saturated rings. The number of rotatable bonds is 7. The summed E-state index contributed by atoms with van der Waals surface area (Å²) in [5.41, 5.74) is -0.342. The normalized spacial score (nSPS) is 24.3. The Kier molecular flexibility index (Phi) is 6.92. The highest BCUT2D eigenvalue weighted by atomic mass is 16.6. The van der Waals surface area contributed by atoms with Crippen LogP contribution >= 0.6 is 0 Å². The van der Waals surface area contributed by atoms with Gasteiger partial charge in [-0.2, -0.15) is 5.10 Å². The van der Waals surface area contributed by atoms with Crippen molar-refractivity contribution in [3.05, 3.63) is 60.0 Å². The van der Waals surface area contributed by atoms with E-state index in [9.17, 15) is 19.8 Å². The molecule has 11 nitrogen and oxygen atoms in total. The second-order valence-corrected chi connectivity index (χ2v) is 8.46. The molecule has 3 heterocycles. The lowest BCUT2D eigenvalue weighted by atomic mass is 9.92. The Morgan fingerprint density at radius 3 is 2.69 bits per heavy atom. The van der Waals surface area contributed by atoms with Gasteiger partial charge in [0, 0.05) is 18.8 Å². The number of aliphatic hydroxyl groups is 2. The molecule has 0 aliphatic carbocycles. The first kappa shape index (κ1) is 24.5. The monoisotopic (exact) mass is 481 g/mol. The Hall–Kier alpha value is -3.67. The number of aromatic nitrogens is 3. The molecule has 4 rings (SSSR count). The first-order valence-corrected chi connectivity index (χ1v) is 11.1. The van der Waals surface area contributed by atoms with E-state index in [1.54, 1.807) is 50.2 Å². The molecular weight excluding hydrogens is 454 g/mol. The smallest absolute Gasteiger partial charge is 0.308 e. The van der Waals surface area contributed by atoms with Crippen molar-refractivity contribution in [2.24, 2.45) is 10.9 Å². The molecule has 1 amide bonds. The van der Waals surface area contributed by atoms with E-state index in [2.05, 4.69) is 20.4 Å². The van der Waals surface area contributed by atoms with E-state index in [0.717, 1.165) is 0 Å². The molecule has 2 aromatic heterocycles. The molecule has 0 radical (unpaired) electrons. The first-order chi connectivity index (χ1) is 16.8. The number of amides is 1. The molecule has 1 aliphatic heterocycles. The van der Waals surface area contributed by atoms with Gasteiger partial charge in [0.15, 0.2) is 17.5 Å². The van der Waals surface area contributed by atoms with Gasteiger partial charge in [0.2, 0.25) is 0 Å². The van der Waals surface area contributed by atoms with Gasteiger partial charge in [0.1, 0.15) is 24.1 Å². The van der Waals surface area contributed by atoms with E-state index in [1.165, 1.54) is 24.1 Å². The van der Waals surface area contributed by atoms with Crippen molar-refractivity contribution in [1.82, 2.24) is 14.6 Å². The molecule has 1 saturated heterocycles. The molecule has 0 bridgehead atoms. The lowest BCUT2D eigenvalue weighted by Gasteiger charge is -2.28. The number of aliphatic hydroxyl groups excluding tert-OH is 2. The summed E-state index contributed by atoms with van der Waals surface area (Å²) in [6, 6.07) is 12.0. The van der Waals surface area contributed by atoms with Crippen LogP contribution in [0.1, 0.15) is 29.9 Å². The van der Waals surface area contributed by atoms with Gasteiger partial charge < -0.3 is 25.0 Å². The zero-order valence-electron chi connectivity index (χ0n) is 19.5. The molecule has 0 spiro atoms. The van der Waals surface area contributed by atoms with Gasteiger partial charge in [-0.05, 0) is 24.3 Å². The Balaban J connectivity index is 1.74. The summed E-state index contributed by atoms with van der Waals surface area (Å²) in [6.45, 7) is 2.84. The number of nitrogens with one attached hydrogen (secondary N) is 1. The maximum atomic E-state index is 12.7. The summed E-state index contributed by atoms with van der Waals surface area (Å²) in [5.74, 6) is -1.07. The minimum atomic E-state index is -1.59. The van der Waals surface area contributed by atoms with E-state index < -0.39 is 42.4 Å². The summed E-state index contributed by atoms with van der Waals surface area (Å²) in [6.07, 6.45) is -0.903. The number of hydrogen-bond donors (Lipinski definition) is 3. The third kappa shape index (κ3) is 4.41. The maximum absolute atomic E-state index is 12.7. The highest BCUT2D eigenvalue weighted by molar-refractivity contribution is 6.05. The number of anilines is 1. The molecule has 3 N–H and O–H groups in total. The molecule has 35 heavy (non-hydrogen) atoms. The Labute approximate surface area is 201 Å². The maximum Gasteiger partial charge on any atom is 0.308 e. The van der Waals surface area contributed by atoms with Gasteiger partial charge in [-0.25, -0.2) is 9.50 Å². The average molecular weight is 482 g/mol. The van der Waals surface area contributed by atoms with Gasteiger partial charge >= 0.3 is 5.97 Å². The van der Waals surface area contributed by atoms with Crippen molar-refractivity contribution >= 4 is 29.4 Å². The van der Waals surface area contributed by atoms with Crippen molar-refractivity contribution in [3.8, 4) is 0 Å². The van der Waals surface area contributed by atoms with Crippen molar-refractivity contribution in [3.63, 3.8) is 0 Å². The van der Waals surface area contributed by atoms with Gasteiger partial charge in [-0.15, -0.1) is 0 Å². The summed E-state index contributed by atoms with van der Waals surface area (Å²) < 4.78 is 13.0. The Morgan fingerprint density at radius 1 is 1.29 bits per heavy atom. The number of ether oxygens (including phenoxy) is 2. The molecule has 4 atom stereocenters. The van der Waals surface area contributed by atoms with E-state index in [4.69, 9.17) is 9.47 Å². The Morgan fingerprint density at radius 2 is 2.03 bits per heavy atom. The number of nitrogens with zero attached hydrogens (tertiary/aromatic N) is 4. The highest BCUT2D eigenvalue weighted by Crippen LogP contribution is 2.41. The van der Waals surface area contributed by atoms with Crippen LogP contribution in [0.4, 0.5) is 5.82 Å². The molecule has 1 aromatic carbocycles. The summed E-state index contributed by atoms with van der Waals surface area (Å²) in [5, 5.41) is 28.3. The van der Waals surface area contributed by atoms with Gasteiger partial charge in [0.25, 0.3) is 5.91 Å². The zero-order valence-corrected chi connectivity index (χ0v) is 19.5. The Bertz CT molecular complexity index is 1240. The topological polar surface area (TPSA) is 148 Å². The van der Waals surface area contributed by atoms with Crippen LogP contribution in [-0.4, -0.2) is 74.9 Å². The fourth-order valence-corrected chi connectivity index (χ4v) is 4.06. The van der Waals surface area contributed by atoms with Crippen LogP contribution in [0.2, 0.25) is 0 Å². The standard InChI is InChI=1S/C24H27N5O6/c1-14(2)23(33)34-19-17(11-30)35-24(12-25-3,20(19)31)18-10-9-16-21(26-13-27-29(16)18)28-22(32)15-7-5-4-6-8-15/h4-10,12-14,17,19-20,30-31H,11H2,1-3H3,(H,26,27,28,32)/t17-,19-,20-,24+/m1/s1. The first-order valence-electron chi connectivity index (χ1n) is 11.1. The molecule has 0 saturated carbocycles. The zero-order chi connectivity index (χ0) is 25.2. The fourth-order valence-electron chi connectivity index (χ4n) is 4.06. The predicted molar refractivity (Wildman–Crippen MR) is 126 cm³/mol. The highest BCUT2D eigenvalue weighted by Gasteiger charge is 2.58. The average Bonchev–Trinajstić information content (AvgIpc) is 3.41. The van der Waals surface area contributed by atoms with Crippen molar-refractivity contribution in [2.45, 2.75) is 37.8 Å². The predicted octanol–water partition coefficient (Wildman–Crippen LogP) is 1.20. The van der Waals surface area contributed by atoms with Crippen LogP contribution in [0.25, 0.3) is 5.52 Å². The molecule has 11 heteroatoms. The van der Waals surface area contributed by atoms with Crippen molar-refractivity contribution in [2.75, 3.05) is 19.0 Å². The van der Waals surface area contributed by atoms with E-state index in [-0.39, 0.29) is 11.7 Å². The molecule has 1 aliphatic rings.